The largest absolute Gasteiger partial charge is 0.480 e. The molecule has 1 heterocycles. The first kappa shape index (κ1) is 15.7. The molecule has 0 radical (unpaired) electrons. The molecule has 1 aromatic rings. The normalized spacial score (nSPS) is 13.8. The Morgan fingerprint density at radius 2 is 2.11 bits per heavy atom. The molecule has 5 nitrogen and oxygen atoms in total. The molecule has 1 unspecified atom stereocenters. The molecule has 1 N–H and O–H groups in total. The summed E-state index contributed by atoms with van der Waals surface area (Å²) in [6, 6.07) is 0.0827. The molecule has 0 aliphatic heterocycles. The molecule has 1 atom stereocenters. The van der Waals surface area contributed by atoms with E-state index in [0.717, 1.165) is 15.6 Å². The van der Waals surface area contributed by atoms with Gasteiger partial charge in [0.25, 0.3) is 0 Å². The molecule has 102 valence electrons. The summed E-state index contributed by atoms with van der Waals surface area (Å²) in [6.45, 7) is 1.59. The van der Waals surface area contributed by atoms with Crippen molar-refractivity contribution in [3.63, 3.8) is 0 Å². The van der Waals surface area contributed by atoms with E-state index in [4.69, 9.17) is 28.3 Å². The number of thiophene rings is 1. The van der Waals surface area contributed by atoms with Crippen molar-refractivity contribution >= 4 is 50.5 Å². The Morgan fingerprint density at radius 1 is 1.56 bits per heavy atom. The van der Waals surface area contributed by atoms with E-state index in [1.165, 1.54) is 13.1 Å². The van der Waals surface area contributed by atoms with Gasteiger partial charge < -0.3 is 5.11 Å². The van der Waals surface area contributed by atoms with Crippen molar-refractivity contribution in [2.75, 3.05) is 7.05 Å². The maximum absolute atomic E-state index is 12.2. The lowest BCUT2D eigenvalue weighted by atomic mass is 10.2. The Hall–Kier alpha value is -0.340. The minimum absolute atomic E-state index is 0.0205. The molecule has 0 aromatic carbocycles. The van der Waals surface area contributed by atoms with E-state index in [1.54, 1.807) is 6.92 Å². The van der Waals surface area contributed by atoms with Crippen molar-refractivity contribution in [1.82, 2.24) is 4.31 Å². The number of sulfonamides is 1. The molecule has 0 aliphatic carbocycles. The number of likely N-dealkylation sites (N-methyl/N-ethyl adjacent to an activating group) is 1. The van der Waals surface area contributed by atoms with Gasteiger partial charge in [0, 0.05) is 7.05 Å². The number of hydrogen-bond donors (Lipinski definition) is 1. The minimum Gasteiger partial charge on any atom is -0.480 e. The van der Waals surface area contributed by atoms with Crippen LogP contribution in [0.1, 0.15) is 13.3 Å². The lowest BCUT2D eigenvalue weighted by molar-refractivity contribution is -0.141. The second-order valence-electron chi connectivity index (χ2n) is 3.47. The molecule has 18 heavy (non-hydrogen) atoms. The first-order valence-corrected chi connectivity index (χ1v) is 7.88. The standard InChI is InChI=1S/C9H11Cl2NO4S2/c1-3-5(9(13)14)12(2)18(15,16)6-4-7(10)17-8(6)11/h4-5H,3H2,1-2H3,(H,13,14). The second-order valence-corrected chi connectivity index (χ2v) is 7.72. The van der Waals surface area contributed by atoms with Crippen LogP contribution in [0.5, 0.6) is 0 Å². The summed E-state index contributed by atoms with van der Waals surface area (Å²) in [4.78, 5) is 10.8. The van der Waals surface area contributed by atoms with Crippen molar-refractivity contribution < 1.29 is 18.3 Å². The van der Waals surface area contributed by atoms with Gasteiger partial charge in [0.05, 0.1) is 4.34 Å². The summed E-state index contributed by atoms with van der Waals surface area (Å²) in [5.74, 6) is -1.21. The third-order valence-electron chi connectivity index (χ3n) is 2.39. The van der Waals surface area contributed by atoms with Crippen molar-refractivity contribution in [3.8, 4) is 0 Å². The van der Waals surface area contributed by atoms with Crippen LogP contribution in [0.2, 0.25) is 8.67 Å². The molecule has 0 saturated carbocycles. The van der Waals surface area contributed by atoms with Crippen LogP contribution in [-0.4, -0.2) is 36.9 Å². The molecule has 0 bridgehead atoms. The van der Waals surface area contributed by atoms with Crippen LogP contribution in [0.25, 0.3) is 0 Å². The van der Waals surface area contributed by atoms with Crippen molar-refractivity contribution in [2.45, 2.75) is 24.3 Å². The highest BCUT2D eigenvalue weighted by Crippen LogP contribution is 2.36. The van der Waals surface area contributed by atoms with Crippen LogP contribution in [-0.2, 0) is 14.8 Å². The van der Waals surface area contributed by atoms with E-state index >= 15 is 0 Å². The van der Waals surface area contributed by atoms with E-state index < -0.39 is 22.0 Å². The van der Waals surface area contributed by atoms with E-state index in [9.17, 15) is 13.2 Å². The fourth-order valence-electron chi connectivity index (χ4n) is 1.41. The summed E-state index contributed by atoms with van der Waals surface area (Å²) < 4.78 is 25.4. The van der Waals surface area contributed by atoms with Crippen LogP contribution in [0, 0.1) is 0 Å². The van der Waals surface area contributed by atoms with E-state index in [1.807, 2.05) is 0 Å². The fourth-order valence-corrected chi connectivity index (χ4v) is 4.91. The van der Waals surface area contributed by atoms with Gasteiger partial charge in [-0.05, 0) is 12.5 Å². The summed E-state index contributed by atoms with van der Waals surface area (Å²) in [5.41, 5.74) is 0. The first-order valence-electron chi connectivity index (χ1n) is 4.87. The van der Waals surface area contributed by atoms with Gasteiger partial charge >= 0.3 is 5.97 Å². The van der Waals surface area contributed by atoms with Crippen LogP contribution in [0.15, 0.2) is 11.0 Å². The zero-order valence-corrected chi connectivity index (χ0v) is 12.7. The highest BCUT2D eigenvalue weighted by Gasteiger charge is 2.33. The van der Waals surface area contributed by atoms with E-state index in [-0.39, 0.29) is 20.0 Å². The maximum atomic E-state index is 12.2. The molecule has 0 saturated heterocycles. The Bertz CT molecular complexity index is 555. The van der Waals surface area contributed by atoms with Crippen molar-refractivity contribution in [1.29, 1.82) is 0 Å². The van der Waals surface area contributed by atoms with E-state index in [0.29, 0.717) is 0 Å². The first-order chi connectivity index (χ1) is 8.21. The van der Waals surface area contributed by atoms with Crippen LogP contribution in [0.4, 0.5) is 0 Å². The predicted molar refractivity (Wildman–Crippen MR) is 71.0 cm³/mol. The third kappa shape index (κ3) is 2.97. The molecular formula is C9H11Cl2NO4S2. The molecule has 9 heteroatoms. The molecular weight excluding hydrogens is 321 g/mol. The van der Waals surface area contributed by atoms with Crippen molar-refractivity contribution in [2.24, 2.45) is 0 Å². The topological polar surface area (TPSA) is 74.7 Å². The van der Waals surface area contributed by atoms with Gasteiger partial charge in [0.1, 0.15) is 15.3 Å². The maximum Gasteiger partial charge on any atom is 0.321 e. The summed E-state index contributed by atoms with van der Waals surface area (Å²) in [7, 11) is -2.75. The SMILES string of the molecule is CCC(C(=O)O)N(C)S(=O)(=O)c1cc(Cl)sc1Cl. The van der Waals surface area contributed by atoms with Crippen LogP contribution < -0.4 is 0 Å². The van der Waals surface area contributed by atoms with Gasteiger partial charge in [0.15, 0.2) is 0 Å². The molecule has 0 amide bonds. The second kappa shape index (κ2) is 5.75. The van der Waals surface area contributed by atoms with Gasteiger partial charge in [-0.3, -0.25) is 4.79 Å². The number of rotatable bonds is 5. The zero-order chi connectivity index (χ0) is 14.1. The highest BCUT2D eigenvalue weighted by atomic mass is 35.5. The highest BCUT2D eigenvalue weighted by molar-refractivity contribution is 7.89. The Kier molecular flexibility index (Phi) is 5.02. The Balaban J connectivity index is 3.22. The number of nitrogens with zero attached hydrogens (tertiary/aromatic N) is 1. The fraction of sp³-hybridized carbons (Fsp3) is 0.444. The van der Waals surface area contributed by atoms with Gasteiger partial charge in [-0.2, -0.15) is 4.31 Å². The lowest BCUT2D eigenvalue weighted by Gasteiger charge is -2.22. The molecule has 1 rings (SSSR count). The van der Waals surface area contributed by atoms with Crippen LogP contribution >= 0.6 is 34.5 Å². The average Bonchev–Trinajstić information content (AvgIpc) is 2.58. The van der Waals surface area contributed by atoms with Gasteiger partial charge in [-0.25, -0.2) is 8.42 Å². The monoisotopic (exact) mass is 331 g/mol. The van der Waals surface area contributed by atoms with Gasteiger partial charge in [-0.1, -0.05) is 30.1 Å². The minimum atomic E-state index is -3.96. The molecule has 0 aliphatic rings. The van der Waals surface area contributed by atoms with Gasteiger partial charge in [-0.15, -0.1) is 11.3 Å². The summed E-state index contributed by atoms with van der Waals surface area (Å²) in [6.07, 6.45) is 0.153. The number of carbonyl (C=O) groups is 1. The number of carboxylic acid groups (broad SMARTS) is 1. The molecule has 0 spiro atoms. The van der Waals surface area contributed by atoms with Crippen molar-refractivity contribution in [3.05, 3.63) is 14.7 Å². The average molecular weight is 332 g/mol. The van der Waals surface area contributed by atoms with Gasteiger partial charge in [0.2, 0.25) is 10.0 Å². The molecule has 1 aromatic heterocycles. The number of carboxylic acids is 1. The summed E-state index contributed by atoms with van der Waals surface area (Å²) in [5, 5.41) is 8.97. The number of halogens is 2. The predicted octanol–water partition coefficient (Wildman–Crippen LogP) is 2.54. The third-order valence-corrected chi connectivity index (χ3v) is 6.01. The Labute approximate surface area is 119 Å². The summed E-state index contributed by atoms with van der Waals surface area (Å²) >= 11 is 12.4. The van der Waals surface area contributed by atoms with E-state index in [2.05, 4.69) is 0 Å². The quantitative estimate of drug-likeness (QED) is 0.899. The lowest BCUT2D eigenvalue weighted by Crippen LogP contribution is -2.41. The van der Waals surface area contributed by atoms with Crippen LogP contribution in [0.3, 0.4) is 0 Å². The Morgan fingerprint density at radius 3 is 2.44 bits per heavy atom. The zero-order valence-electron chi connectivity index (χ0n) is 9.55. The molecule has 0 fully saturated rings. The number of hydrogen-bond acceptors (Lipinski definition) is 4. The smallest absolute Gasteiger partial charge is 0.321 e. The number of aliphatic carboxylic acids is 1.